The molecule has 15 heavy (non-hydrogen) atoms. The van der Waals surface area contributed by atoms with Gasteiger partial charge in [0.05, 0.1) is 7.11 Å². The Morgan fingerprint density at radius 2 is 1.93 bits per heavy atom. The van der Waals surface area contributed by atoms with E-state index in [1.54, 1.807) is 32.2 Å². The van der Waals surface area contributed by atoms with Gasteiger partial charge in [-0.2, -0.15) is 0 Å². The van der Waals surface area contributed by atoms with Crippen molar-refractivity contribution in [1.29, 1.82) is 0 Å². The lowest BCUT2D eigenvalue weighted by Crippen LogP contribution is -2.19. The molecule has 0 fully saturated rings. The molecule has 0 aliphatic carbocycles. The van der Waals surface area contributed by atoms with E-state index in [1.165, 1.54) is 0 Å². The molecule has 0 spiro atoms. The molecule has 0 saturated heterocycles. The van der Waals surface area contributed by atoms with Crippen molar-refractivity contribution in [2.45, 2.75) is 10.7 Å². The average molecular weight is 268 g/mol. The number of hydrogen-bond donors (Lipinski definition) is 0. The summed E-state index contributed by atoms with van der Waals surface area (Å²) in [4.78, 5) is 11.7. The predicted molar refractivity (Wildman–Crippen MR) is 62.4 cm³/mol. The minimum absolute atomic E-state index is 0.385. The second-order valence-corrected chi connectivity index (χ2v) is 5.29. The molecule has 0 atom stereocenters. The number of aryl methyl sites for hydroxylation is 1. The number of halogens is 3. The van der Waals surface area contributed by atoms with Crippen molar-refractivity contribution in [2.75, 3.05) is 7.11 Å². The maximum atomic E-state index is 11.7. The molecule has 82 valence electrons. The number of ether oxygens (including phenoxy) is 1. The van der Waals surface area contributed by atoms with E-state index in [9.17, 15) is 4.79 Å². The molecule has 1 rings (SSSR count). The molecule has 0 aliphatic heterocycles. The van der Waals surface area contributed by atoms with Gasteiger partial charge in [0.15, 0.2) is 0 Å². The van der Waals surface area contributed by atoms with E-state index < -0.39 is 9.58 Å². The molecule has 1 aromatic carbocycles. The van der Waals surface area contributed by atoms with Crippen LogP contribution < -0.4 is 4.74 Å². The van der Waals surface area contributed by atoms with E-state index in [4.69, 9.17) is 39.5 Å². The SMILES string of the molecule is COc1ccc(C(=O)C(Cl)(Cl)Cl)c(C)c1. The highest BCUT2D eigenvalue weighted by Crippen LogP contribution is 2.32. The first-order valence-corrected chi connectivity index (χ1v) is 5.26. The quantitative estimate of drug-likeness (QED) is 0.605. The van der Waals surface area contributed by atoms with Gasteiger partial charge < -0.3 is 4.74 Å². The summed E-state index contributed by atoms with van der Waals surface area (Å²) in [6, 6.07) is 4.94. The summed E-state index contributed by atoms with van der Waals surface area (Å²) in [5, 5.41) is 0. The van der Waals surface area contributed by atoms with Crippen LogP contribution in [0.4, 0.5) is 0 Å². The zero-order chi connectivity index (χ0) is 11.6. The van der Waals surface area contributed by atoms with E-state index in [0.717, 1.165) is 0 Å². The van der Waals surface area contributed by atoms with Crippen LogP contribution >= 0.6 is 34.8 Å². The number of benzene rings is 1. The number of carbonyl (C=O) groups is 1. The van der Waals surface area contributed by atoms with Gasteiger partial charge in [-0.3, -0.25) is 4.79 Å². The second-order valence-electron chi connectivity index (χ2n) is 3.01. The summed E-state index contributed by atoms with van der Waals surface area (Å²) >= 11 is 16.5. The average Bonchev–Trinajstić information content (AvgIpc) is 2.15. The minimum atomic E-state index is -1.92. The van der Waals surface area contributed by atoms with Gasteiger partial charge in [-0.05, 0) is 30.7 Å². The standard InChI is InChI=1S/C10H9Cl3O2/c1-6-5-7(15-2)3-4-8(6)9(14)10(11,12)13/h3-5H,1-2H3. The summed E-state index contributed by atoms with van der Waals surface area (Å²) in [7, 11) is 1.55. The molecule has 0 saturated carbocycles. The molecule has 1 aromatic rings. The van der Waals surface area contributed by atoms with Gasteiger partial charge >= 0.3 is 0 Å². The molecule has 2 nitrogen and oxygen atoms in total. The van der Waals surface area contributed by atoms with Crippen molar-refractivity contribution in [3.05, 3.63) is 29.3 Å². The van der Waals surface area contributed by atoms with Crippen LogP contribution in [0, 0.1) is 6.92 Å². The third-order valence-electron chi connectivity index (χ3n) is 1.94. The second kappa shape index (κ2) is 4.60. The number of hydrogen-bond acceptors (Lipinski definition) is 2. The third kappa shape index (κ3) is 3.00. The molecule has 0 aromatic heterocycles. The van der Waals surface area contributed by atoms with E-state index in [1.807, 2.05) is 0 Å². The monoisotopic (exact) mass is 266 g/mol. The maximum Gasteiger partial charge on any atom is 0.253 e. The Kier molecular flexibility index (Phi) is 3.87. The van der Waals surface area contributed by atoms with Gasteiger partial charge in [-0.25, -0.2) is 0 Å². The number of carbonyl (C=O) groups excluding carboxylic acids is 1. The Balaban J connectivity index is 3.12. The molecule has 0 bridgehead atoms. The Labute approximate surface area is 103 Å². The zero-order valence-corrected chi connectivity index (χ0v) is 10.5. The molecule has 5 heteroatoms. The van der Waals surface area contributed by atoms with Gasteiger partial charge in [0.2, 0.25) is 5.78 Å². The molecular formula is C10H9Cl3O2. The summed E-state index contributed by atoms with van der Waals surface area (Å²) in [5.41, 5.74) is 1.10. The number of ketones is 1. The number of alkyl halides is 3. The number of Topliss-reactive ketones (excluding diaryl/α,β-unsaturated/α-hetero) is 1. The first-order valence-electron chi connectivity index (χ1n) is 4.12. The van der Waals surface area contributed by atoms with Gasteiger partial charge in [0.1, 0.15) is 5.75 Å². The van der Waals surface area contributed by atoms with Crippen LogP contribution in [-0.2, 0) is 0 Å². The highest BCUT2D eigenvalue weighted by molar-refractivity contribution is 6.77. The Bertz CT molecular complexity index is 383. The highest BCUT2D eigenvalue weighted by atomic mass is 35.6. The van der Waals surface area contributed by atoms with Crippen molar-refractivity contribution in [3.63, 3.8) is 0 Å². The Morgan fingerprint density at radius 1 is 1.33 bits per heavy atom. The van der Waals surface area contributed by atoms with Crippen LogP contribution in [0.2, 0.25) is 0 Å². The Hall–Kier alpha value is -0.440. The molecule has 0 unspecified atom stereocenters. The first kappa shape index (κ1) is 12.6. The fourth-order valence-electron chi connectivity index (χ4n) is 1.17. The van der Waals surface area contributed by atoms with Crippen molar-refractivity contribution >= 4 is 40.6 Å². The van der Waals surface area contributed by atoms with E-state index in [0.29, 0.717) is 16.9 Å². The molecule has 0 N–H and O–H groups in total. The van der Waals surface area contributed by atoms with Crippen molar-refractivity contribution in [1.82, 2.24) is 0 Å². The summed E-state index contributed by atoms with van der Waals surface area (Å²) in [5.74, 6) is 0.126. The number of rotatable bonds is 2. The number of methoxy groups -OCH3 is 1. The van der Waals surface area contributed by atoms with Crippen molar-refractivity contribution in [2.24, 2.45) is 0 Å². The summed E-state index contributed by atoms with van der Waals surface area (Å²) < 4.78 is 3.09. The Morgan fingerprint density at radius 3 is 2.33 bits per heavy atom. The topological polar surface area (TPSA) is 26.3 Å². The van der Waals surface area contributed by atoms with Gasteiger partial charge in [-0.15, -0.1) is 0 Å². The molecule has 0 radical (unpaired) electrons. The van der Waals surface area contributed by atoms with Crippen LogP contribution in [0.3, 0.4) is 0 Å². The van der Waals surface area contributed by atoms with Crippen LogP contribution in [-0.4, -0.2) is 16.7 Å². The van der Waals surface area contributed by atoms with Crippen LogP contribution in [0.25, 0.3) is 0 Å². The molecule has 0 aliphatic rings. The first-order chi connectivity index (χ1) is 6.86. The fourth-order valence-corrected chi connectivity index (χ4v) is 1.48. The predicted octanol–water partition coefficient (Wildman–Crippen LogP) is 3.56. The van der Waals surface area contributed by atoms with E-state index in [2.05, 4.69) is 0 Å². The maximum absolute atomic E-state index is 11.7. The van der Waals surface area contributed by atoms with Gasteiger partial charge in [-0.1, -0.05) is 34.8 Å². The third-order valence-corrected chi connectivity index (χ3v) is 2.45. The smallest absolute Gasteiger partial charge is 0.253 e. The van der Waals surface area contributed by atoms with Crippen LogP contribution in [0.15, 0.2) is 18.2 Å². The lowest BCUT2D eigenvalue weighted by atomic mass is 10.1. The summed E-state index contributed by atoms with van der Waals surface area (Å²) in [6.07, 6.45) is 0. The van der Waals surface area contributed by atoms with Crippen LogP contribution in [0.5, 0.6) is 5.75 Å². The highest BCUT2D eigenvalue weighted by Gasteiger charge is 2.32. The van der Waals surface area contributed by atoms with Crippen molar-refractivity contribution < 1.29 is 9.53 Å². The van der Waals surface area contributed by atoms with Crippen molar-refractivity contribution in [3.8, 4) is 5.75 Å². The lowest BCUT2D eigenvalue weighted by molar-refractivity contribution is 0.0996. The molecular weight excluding hydrogens is 258 g/mol. The molecule has 0 amide bonds. The van der Waals surface area contributed by atoms with E-state index in [-0.39, 0.29) is 0 Å². The zero-order valence-electron chi connectivity index (χ0n) is 8.18. The fraction of sp³-hybridized carbons (Fsp3) is 0.300. The normalized spacial score (nSPS) is 11.3. The summed E-state index contributed by atoms with van der Waals surface area (Å²) in [6.45, 7) is 1.76. The van der Waals surface area contributed by atoms with E-state index >= 15 is 0 Å². The lowest BCUT2D eigenvalue weighted by Gasteiger charge is -2.12. The van der Waals surface area contributed by atoms with Gasteiger partial charge in [0, 0.05) is 5.56 Å². The minimum Gasteiger partial charge on any atom is -0.497 e. The van der Waals surface area contributed by atoms with Gasteiger partial charge in [0.25, 0.3) is 3.79 Å². The van der Waals surface area contributed by atoms with Crippen LogP contribution in [0.1, 0.15) is 15.9 Å². The molecule has 0 heterocycles. The largest absolute Gasteiger partial charge is 0.497 e.